The number of hydrogen-bond acceptors (Lipinski definition) is 3. The van der Waals surface area contributed by atoms with Gasteiger partial charge in [0.15, 0.2) is 0 Å². The monoisotopic (exact) mass is 291 g/mol. The normalized spacial score (nSPS) is 11.8. The summed E-state index contributed by atoms with van der Waals surface area (Å²) in [6, 6.07) is 3.93. The third-order valence-electron chi connectivity index (χ3n) is 3.31. The number of phenolic OH excluding ortho intramolecular Hbond substituents is 1. The summed E-state index contributed by atoms with van der Waals surface area (Å²) in [5.41, 5.74) is 2.70. The molecule has 1 aromatic carbocycles. The Morgan fingerprint density at radius 2 is 1.86 bits per heavy atom. The molecule has 117 valence electrons. The van der Waals surface area contributed by atoms with Crippen molar-refractivity contribution in [2.45, 2.75) is 59.8 Å². The van der Waals surface area contributed by atoms with Gasteiger partial charge in [-0.25, -0.2) is 0 Å². The molecule has 0 bridgehead atoms. The minimum atomic E-state index is -0.181. The van der Waals surface area contributed by atoms with Crippen molar-refractivity contribution in [1.29, 1.82) is 0 Å². The van der Waals surface area contributed by atoms with Crippen LogP contribution in [0.4, 0.5) is 0 Å². The molecular weight excluding hydrogens is 264 g/mol. The predicted molar refractivity (Wildman–Crippen MR) is 85.4 cm³/mol. The summed E-state index contributed by atoms with van der Waals surface area (Å²) in [7, 11) is 0. The zero-order chi connectivity index (χ0) is 16.2. The number of rotatable bonds is 5. The fraction of sp³-hybridized carbons (Fsp3) is 0.556. The number of hydrogen-bond donors (Lipinski definition) is 1. The van der Waals surface area contributed by atoms with Gasteiger partial charge in [0.2, 0.25) is 0 Å². The predicted octanol–water partition coefficient (Wildman–Crippen LogP) is 4.09. The molecule has 1 N–H and O–H groups in total. The Balaban J connectivity index is 2.77. The third kappa shape index (κ3) is 5.41. The van der Waals surface area contributed by atoms with Gasteiger partial charge in [0.05, 0.1) is 6.61 Å². The maximum absolute atomic E-state index is 11.7. The van der Waals surface area contributed by atoms with Gasteiger partial charge >= 0.3 is 5.97 Å². The number of carbonyl (C=O) groups excluding carboxylic acids is 1. The topological polar surface area (TPSA) is 46.5 Å². The highest BCUT2D eigenvalue weighted by Crippen LogP contribution is 2.34. The average Bonchev–Trinajstić information content (AvgIpc) is 2.36. The van der Waals surface area contributed by atoms with Crippen LogP contribution in [0.25, 0.3) is 0 Å². The van der Waals surface area contributed by atoms with Crippen molar-refractivity contribution in [2.75, 3.05) is 6.61 Å². The van der Waals surface area contributed by atoms with Crippen LogP contribution in [-0.2, 0) is 21.4 Å². The summed E-state index contributed by atoms with van der Waals surface area (Å²) in [6.07, 6.45) is 0.993. The molecule has 3 heteroatoms. The van der Waals surface area contributed by atoms with E-state index in [4.69, 9.17) is 4.74 Å². The molecule has 3 nitrogen and oxygen atoms in total. The molecule has 0 amide bonds. The molecule has 0 aliphatic heterocycles. The standard InChI is InChI=1S/C18H27O3/c1-12(2)11-21-16(19)8-7-14-9-13(3)17(20)15(10-14)18(4,5)6/h9-10,20H,7-8,11H2,1-6H3. The SMILES string of the molecule is C[C](C)COC(=O)CCc1cc(C)c(O)c(C(C)(C)C)c1. The highest BCUT2D eigenvalue weighted by molar-refractivity contribution is 5.70. The Kier molecular flexibility index (Phi) is 5.82. The molecule has 0 spiro atoms. The molecule has 0 fully saturated rings. The van der Waals surface area contributed by atoms with Crippen LogP contribution in [0, 0.1) is 12.8 Å². The van der Waals surface area contributed by atoms with Crippen LogP contribution in [0.15, 0.2) is 12.1 Å². The largest absolute Gasteiger partial charge is 0.507 e. The number of aryl methyl sites for hydroxylation is 2. The highest BCUT2D eigenvalue weighted by Gasteiger charge is 2.20. The van der Waals surface area contributed by atoms with Crippen LogP contribution in [0.5, 0.6) is 5.75 Å². The minimum absolute atomic E-state index is 0.125. The van der Waals surface area contributed by atoms with E-state index in [1.54, 1.807) is 0 Å². The van der Waals surface area contributed by atoms with Crippen LogP contribution in [-0.4, -0.2) is 17.7 Å². The van der Waals surface area contributed by atoms with Crippen LogP contribution in [0.3, 0.4) is 0 Å². The first-order valence-corrected chi connectivity index (χ1v) is 7.39. The van der Waals surface area contributed by atoms with E-state index in [0.29, 0.717) is 25.2 Å². The van der Waals surface area contributed by atoms with Crippen molar-refractivity contribution in [3.63, 3.8) is 0 Å². The second-order valence-electron chi connectivity index (χ2n) is 6.93. The Labute approximate surface area is 128 Å². The third-order valence-corrected chi connectivity index (χ3v) is 3.31. The molecule has 0 heterocycles. The first-order valence-electron chi connectivity index (χ1n) is 7.39. The van der Waals surface area contributed by atoms with Crippen molar-refractivity contribution in [3.05, 3.63) is 34.7 Å². The molecule has 0 aliphatic carbocycles. The zero-order valence-corrected chi connectivity index (χ0v) is 14.0. The van der Waals surface area contributed by atoms with E-state index in [2.05, 4.69) is 20.8 Å². The fourth-order valence-corrected chi connectivity index (χ4v) is 2.11. The van der Waals surface area contributed by atoms with E-state index in [1.807, 2.05) is 32.9 Å². The molecule has 1 aromatic rings. The maximum Gasteiger partial charge on any atom is 0.306 e. The van der Waals surface area contributed by atoms with Crippen molar-refractivity contribution < 1.29 is 14.6 Å². The summed E-state index contributed by atoms with van der Waals surface area (Å²) in [5.74, 6) is 1.25. The van der Waals surface area contributed by atoms with E-state index in [1.165, 1.54) is 0 Å². The molecule has 1 radical (unpaired) electrons. The van der Waals surface area contributed by atoms with Crippen molar-refractivity contribution >= 4 is 5.97 Å². The lowest BCUT2D eigenvalue weighted by atomic mass is 9.83. The van der Waals surface area contributed by atoms with Crippen molar-refractivity contribution in [1.82, 2.24) is 0 Å². The number of phenols is 1. The molecule has 0 aliphatic rings. The summed E-state index contributed by atoms with van der Waals surface area (Å²) in [4.78, 5) is 11.7. The average molecular weight is 291 g/mol. The number of carbonyl (C=O) groups is 1. The Morgan fingerprint density at radius 3 is 2.38 bits per heavy atom. The first-order chi connectivity index (χ1) is 9.61. The highest BCUT2D eigenvalue weighted by atomic mass is 16.5. The first kappa shape index (κ1) is 17.5. The molecule has 0 unspecified atom stereocenters. The van der Waals surface area contributed by atoms with Gasteiger partial charge in [0.25, 0.3) is 0 Å². The number of esters is 1. The molecule has 0 saturated heterocycles. The van der Waals surface area contributed by atoms with E-state index in [9.17, 15) is 9.90 Å². The summed E-state index contributed by atoms with van der Waals surface area (Å²) in [6.45, 7) is 12.4. The maximum atomic E-state index is 11.7. The molecule has 0 aromatic heterocycles. The molecule has 21 heavy (non-hydrogen) atoms. The van der Waals surface area contributed by atoms with Crippen LogP contribution in [0.2, 0.25) is 0 Å². The van der Waals surface area contributed by atoms with Crippen LogP contribution < -0.4 is 0 Å². The summed E-state index contributed by atoms with van der Waals surface area (Å²) in [5, 5.41) is 10.2. The second kappa shape index (κ2) is 6.97. The molecular formula is C18H27O3. The number of ether oxygens (including phenoxy) is 1. The Bertz CT molecular complexity index is 496. The smallest absolute Gasteiger partial charge is 0.306 e. The van der Waals surface area contributed by atoms with Gasteiger partial charge in [-0.2, -0.15) is 0 Å². The van der Waals surface area contributed by atoms with Gasteiger partial charge in [0.1, 0.15) is 5.75 Å². The summed E-state index contributed by atoms with van der Waals surface area (Å²) < 4.78 is 5.15. The molecule has 0 saturated carbocycles. The number of aromatic hydroxyl groups is 1. The van der Waals surface area contributed by atoms with Gasteiger partial charge < -0.3 is 9.84 Å². The van der Waals surface area contributed by atoms with Gasteiger partial charge in [-0.3, -0.25) is 4.79 Å². The quantitative estimate of drug-likeness (QED) is 0.831. The van der Waals surface area contributed by atoms with E-state index in [-0.39, 0.29) is 11.4 Å². The number of benzene rings is 1. The van der Waals surface area contributed by atoms with Crippen LogP contribution in [0.1, 0.15) is 57.7 Å². The minimum Gasteiger partial charge on any atom is -0.507 e. The second-order valence-corrected chi connectivity index (χ2v) is 6.93. The lowest BCUT2D eigenvalue weighted by molar-refractivity contribution is -0.143. The Morgan fingerprint density at radius 1 is 1.24 bits per heavy atom. The van der Waals surface area contributed by atoms with E-state index < -0.39 is 0 Å². The van der Waals surface area contributed by atoms with Crippen molar-refractivity contribution in [3.8, 4) is 5.75 Å². The van der Waals surface area contributed by atoms with E-state index in [0.717, 1.165) is 22.6 Å². The van der Waals surface area contributed by atoms with Gasteiger partial charge in [-0.05, 0) is 35.4 Å². The molecule has 0 atom stereocenters. The summed E-state index contributed by atoms with van der Waals surface area (Å²) >= 11 is 0. The fourth-order valence-electron chi connectivity index (χ4n) is 2.11. The zero-order valence-electron chi connectivity index (χ0n) is 14.0. The molecule has 1 rings (SSSR count). The van der Waals surface area contributed by atoms with E-state index >= 15 is 0 Å². The lowest BCUT2D eigenvalue weighted by Gasteiger charge is -2.22. The lowest BCUT2D eigenvalue weighted by Crippen LogP contribution is -2.13. The van der Waals surface area contributed by atoms with Gasteiger partial charge in [0, 0.05) is 12.3 Å². The van der Waals surface area contributed by atoms with Crippen LogP contribution >= 0.6 is 0 Å². The van der Waals surface area contributed by atoms with Crippen molar-refractivity contribution in [2.24, 2.45) is 0 Å². The van der Waals surface area contributed by atoms with Gasteiger partial charge in [-0.15, -0.1) is 0 Å². The Hall–Kier alpha value is -1.51. The van der Waals surface area contributed by atoms with Gasteiger partial charge in [-0.1, -0.05) is 46.8 Å².